The van der Waals surface area contributed by atoms with Crippen LogP contribution in [-0.4, -0.2) is 59.8 Å². The Morgan fingerprint density at radius 1 is 0.900 bits per heavy atom. The van der Waals surface area contributed by atoms with Crippen LogP contribution in [0, 0.1) is 0 Å². The molecule has 2 N–H and O–H groups in total. The molecular weight excluding hydrogens is 388 g/mol. The molecule has 0 aromatic heterocycles. The van der Waals surface area contributed by atoms with Gasteiger partial charge in [-0.15, -0.1) is 0 Å². The third-order valence-corrected chi connectivity index (χ3v) is 4.73. The predicted molar refractivity (Wildman–Crippen MR) is 108 cm³/mol. The number of carbonyl (C=O) groups is 2. The molecule has 0 spiro atoms. The molecular formula is C23H24O7. The minimum atomic E-state index is -1.44. The van der Waals surface area contributed by atoms with Crippen molar-refractivity contribution in [2.75, 3.05) is 13.2 Å². The minimum absolute atomic E-state index is 0.227. The maximum absolute atomic E-state index is 12.4. The van der Waals surface area contributed by atoms with Gasteiger partial charge in [0.15, 0.2) is 6.10 Å². The van der Waals surface area contributed by atoms with Crippen LogP contribution in [0.4, 0.5) is 0 Å². The molecule has 0 amide bonds. The topological polar surface area (TPSA) is 102 Å². The molecule has 30 heavy (non-hydrogen) atoms. The average molecular weight is 412 g/mol. The molecule has 7 nitrogen and oxygen atoms in total. The molecule has 1 aliphatic carbocycles. The first-order valence-corrected chi connectivity index (χ1v) is 9.67. The largest absolute Gasteiger partial charge is 0.457 e. The summed E-state index contributed by atoms with van der Waals surface area (Å²) in [7, 11) is 0. The van der Waals surface area contributed by atoms with E-state index in [1.807, 2.05) is 0 Å². The summed E-state index contributed by atoms with van der Waals surface area (Å²) in [5, 5.41) is 21.1. The Hall–Kier alpha value is -3.00. The van der Waals surface area contributed by atoms with Crippen LogP contribution in [0.15, 0.2) is 72.3 Å². The van der Waals surface area contributed by atoms with Crippen molar-refractivity contribution in [1.82, 2.24) is 0 Å². The molecule has 0 bridgehead atoms. The van der Waals surface area contributed by atoms with Crippen LogP contribution < -0.4 is 0 Å². The van der Waals surface area contributed by atoms with E-state index in [9.17, 15) is 19.8 Å². The summed E-state index contributed by atoms with van der Waals surface area (Å²) in [4.78, 5) is 24.6. The summed E-state index contributed by atoms with van der Waals surface area (Å²) in [5.74, 6) is -1.19. The first-order chi connectivity index (χ1) is 14.5. The van der Waals surface area contributed by atoms with Crippen molar-refractivity contribution in [2.45, 2.75) is 31.3 Å². The zero-order valence-electron chi connectivity index (χ0n) is 16.5. The number of aliphatic hydroxyl groups is 2. The molecule has 0 radical (unpaired) electrons. The fraction of sp³-hybridized carbons (Fsp3) is 0.304. The summed E-state index contributed by atoms with van der Waals surface area (Å²) >= 11 is 0. The van der Waals surface area contributed by atoms with Gasteiger partial charge >= 0.3 is 11.9 Å². The molecule has 4 atom stereocenters. The summed E-state index contributed by atoms with van der Waals surface area (Å²) in [5.41, 5.74) is 0.971. The molecule has 2 aromatic rings. The first kappa shape index (κ1) is 21.7. The van der Waals surface area contributed by atoms with Gasteiger partial charge < -0.3 is 24.4 Å². The van der Waals surface area contributed by atoms with Crippen molar-refractivity contribution in [1.29, 1.82) is 0 Å². The minimum Gasteiger partial charge on any atom is -0.457 e. The monoisotopic (exact) mass is 412 g/mol. The van der Waals surface area contributed by atoms with E-state index < -0.39 is 36.4 Å². The molecule has 0 saturated heterocycles. The zero-order valence-corrected chi connectivity index (χ0v) is 16.5. The third kappa shape index (κ3) is 5.13. The second kappa shape index (κ2) is 10.2. The Kier molecular flexibility index (Phi) is 7.35. The van der Waals surface area contributed by atoms with E-state index in [-0.39, 0.29) is 12.2 Å². The number of carbonyl (C=O) groups excluding carboxylic acids is 2. The van der Waals surface area contributed by atoms with E-state index in [1.165, 1.54) is 6.08 Å². The van der Waals surface area contributed by atoms with Gasteiger partial charge in [-0.1, -0.05) is 36.4 Å². The van der Waals surface area contributed by atoms with Crippen molar-refractivity contribution in [3.8, 4) is 0 Å². The number of benzene rings is 2. The number of rotatable bonds is 7. The molecule has 7 heteroatoms. The van der Waals surface area contributed by atoms with Crippen molar-refractivity contribution in [2.24, 2.45) is 0 Å². The highest BCUT2D eigenvalue weighted by molar-refractivity contribution is 5.90. The van der Waals surface area contributed by atoms with Crippen molar-refractivity contribution in [3.63, 3.8) is 0 Å². The molecule has 2 aromatic carbocycles. The quantitative estimate of drug-likeness (QED) is 0.531. The van der Waals surface area contributed by atoms with Gasteiger partial charge in [0.2, 0.25) is 0 Å². The van der Waals surface area contributed by atoms with E-state index >= 15 is 0 Å². The van der Waals surface area contributed by atoms with E-state index in [1.54, 1.807) is 67.6 Å². The van der Waals surface area contributed by atoms with Gasteiger partial charge in [-0.2, -0.15) is 0 Å². The second-order valence-electron chi connectivity index (χ2n) is 6.78. The van der Waals surface area contributed by atoms with E-state index in [0.717, 1.165) is 0 Å². The first-order valence-electron chi connectivity index (χ1n) is 9.67. The van der Waals surface area contributed by atoms with Crippen LogP contribution in [-0.2, 0) is 14.2 Å². The highest BCUT2D eigenvalue weighted by Gasteiger charge is 2.42. The predicted octanol–water partition coefficient (Wildman–Crippen LogP) is 2.14. The number of aliphatic hydroxyl groups excluding tert-OH is 2. The average Bonchev–Trinajstić information content (AvgIpc) is 2.78. The lowest BCUT2D eigenvalue weighted by Crippen LogP contribution is -2.52. The molecule has 0 saturated carbocycles. The molecule has 0 unspecified atom stereocenters. The number of esters is 2. The fourth-order valence-corrected chi connectivity index (χ4v) is 3.18. The normalized spacial score (nSPS) is 23.4. The third-order valence-electron chi connectivity index (χ3n) is 4.73. The van der Waals surface area contributed by atoms with Crippen molar-refractivity contribution < 1.29 is 34.0 Å². The molecule has 158 valence electrons. The van der Waals surface area contributed by atoms with E-state index in [0.29, 0.717) is 17.7 Å². The van der Waals surface area contributed by atoms with Crippen LogP contribution in [0.25, 0.3) is 0 Å². The smallest absolute Gasteiger partial charge is 0.338 e. The Labute approximate surface area is 174 Å². The van der Waals surface area contributed by atoms with Gasteiger partial charge in [0.1, 0.15) is 24.9 Å². The molecule has 0 fully saturated rings. The fourth-order valence-electron chi connectivity index (χ4n) is 3.18. The van der Waals surface area contributed by atoms with E-state index in [4.69, 9.17) is 14.2 Å². The van der Waals surface area contributed by atoms with Gasteiger partial charge in [0.05, 0.1) is 11.1 Å². The number of hydrogen-bond acceptors (Lipinski definition) is 7. The summed E-state index contributed by atoms with van der Waals surface area (Å²) in [6.45, 7) is 1.83. The Morgan fingerprint density at radius 3 is 2.03 bits per heavy atom. The van der Waals surface area contributed by atoms with Gasteiger partial charge in [0.25, 0.3) is 0 Å². The summed E-state index contributed by atoms with van der Waals surface area (Å²) in [6.07, 6.45) is -3.20. The van der Waals surface area contributed by atoms with Crippen LogP contribution in [0.2, 0.25) is 0 Å². The molecule has 0 heterocycles. The highest BCUT2D eigenvalue weighted by Crippen LogP contribution is 2.26. The lowest BCUT2D eigenvalue weighted by molar-refractivity contribution is -0.117. The Balaban J connectivity index is 1.72. The standard InChI is InChI=1S/C23H24O7/c1-2-28-18-13-17(14-29-22(26)15-9-5-3-6-10-15)19(24)20(25)21(18)30-23(27)16-11-7-4-8-12-16/h3-13,18-21,24-25H,2,14H2,1H3/t18-,19-,20+,21+/m1/s1. The Morgan fingerprint density at radius 2 is 1.47 bits per heavy atom. The Bertz CT molecular complexity index is 879. The van der Waals surface area contributed by atoms with Crippen LogP contribution in [0.3, 0.4) is 0 Å². The van der Waals surface area contributed by atoms with Gasteiger partial charge in [-0.05, 0) is 42.8 Å². The van der Waals surface area contributed by atoms with Gasteiger partial charge in [-0.3, -0.25) is 0 Å². The summed E-state index contributed by atoms with van der Waals surface area (Å²) in [6, 6.07) is 16.8. The summed E-state index contributed by atoms with van der Waals surface area (Å²) < 4.78 is 16.3. The van der Waals surface area contributed by atoms with Crippen LogP contribution in [0.5, 0.6) is 0 Å². The zero-order chi connectivity index (χ0) is 21.5. The second-order valence-corrected chi connectivity index (χ2v) is 6.78. The molecule has 3 rings (SSSR count). The van der Waals surface area contributed by atoms with Gasteiger partial charge in [-0.25, -0.2) is 9.59 Å². The SMILES string of the molecule is CCO[C@@H]1C=C(COC(=O)c2ccccc2)[C@@H](O)[C@H](O)[C@H]1OC(=O)c1ccccc1. The highest BCUT2D eigenvalue weighted by atomic mass is 16.6. The maximum atomic E-state index is 12.4. The van der Waals surface area contributed by atoms with E-state index in [2.05, 4.69) is 0 Å². The number of hydrogen-bond donors (Lipinski definition) is 2. The van der Waals surface area contributed by atoms with Crippen molar-refractivity contribution in [3.05, 3.63) is 83.4 Å². The van der Waals surface area contributed by atoms with Crippen molar-refractivity contribution >= 4 is 11.9 Å². The lowest BCUT2D eigenvalue weighted by atomic mass is 9.89. The number of ether oxygens (including phenoxy) is 3. The maximum Gasteiger partial charge on any atom is 0.338 e. The molecule has 0 aliphatic heterocycles. The van der Waals surface area contributed by atoms with Crippen LogP contribution >= 0.6 is 0 Å². The van der Waals surface area contributed by atoms with Crippen LogP contribution in [0.1, 0.15) is 27.6 Å². The van der Waals surface area contributed by atoms with Gasteiger partial charge in [0, 0.05) is 6.61 Å². The lowest BCUT2D eigenvalue weighted by Gasteiger charge is -2.36. The molecule has 1 aliphatic rings.